The van der Waals surface area contributed by atoms with Crippen molar-refractivity contribution in [3.63, 3.8) is 0 Å². The summed E-state index contributed by atoms with van der Waals surface area (Å²) in [6.45, 7) is 12.9. The molecule has 7 nitrogen and oxygen atoms in total. The number of benzene rings is 1. The van der Waals surface area contributed by atoms with Crippen LogP contribution < -0.4 is 14.8 Å². The maximum Gasteiger partial charge on any atom is 0.193 e. The van der Waals surface area contributed by atoms with E-state index in [4.69, 9.17) is 19.2 Å². The van der Waals surface area contributed by atoms with E-state index >= 15 is 0 Å². The number of ether oxygens (including phenoxy) is 3. The number of aliphatic imine (C=N–C) groups is 1. The highest BCUT2D eigenvalue weighted by atomic mass is 16.5. The van der Waals surface area contributed by atoms with E-state index in [0.29, 0.717) is 18.0 Å². The predicted molar refractivity (Wildman–Crippen MR) is 121 cm³/mol. The summed E-state index contributed by atoms with van der Waals surface area (Å²) in [7, 11) is 3.40. The summed E-state index contributed by atoms with van der Waals surface area (Å²) in [5.41, 5.74) is 1.26. The molecule has 0 aliphatic carbocycles. The van der Waals surface area contributed by atoms with Crippen molar-refractivity contribution >= 4 is 5.96 Å². The Bertz CT molecular complexity index is 689. The van der Waals surface area contributed by atoms with Crippen LogP contribution in [0.2, 0.25) is 0 Å². The van der Waals surface area contributed by atoms with Gasteiger partial charge >= 0.3 is 0 Å². The van der Waals surface area contributed by atoms with Crippen LogP contribution in [0.3, 0.4) is 0 Å². The van der Waals surface area contributed by atoms with Crippen molar-refractivity contribution in [2.24, 2.45) is 4.99 Å². The van der Waals surface area contributed by atoms with E-state index < -0.39 is 0 Å². The maximum atomic E-state index is 5.58. The molecule has 30 heavy (non-hydrogen) atoms. The molecule has 3 unspecified atom stereocenters. The van der Waals surface area contributed by atoms with E-state index in [2.05, 4.69) is 48.0 Å². The molecule has 2 fully saturated rings. The van der Waals surface area contributed by atoms with Crippen LogP contribution in [0.5, 0.6) is 11.5 Å². The minimum Gasteiger partial charge on any atom is -0.497 e. The van der Waals surface area contributed by atoms with Gasteiger partial charge in [-0.05, 0) is 44.9 Å². The van der Waals surface area contributed by atoms with E-state index in [1.54, 1.807) is 14.2 Å². The van der Waals surface area contributed by atoms with Crippen molar-refractivity contribution in [2.45, 2.75) is 45.2 Å². The lowest BCUT2D eigenvalue weighted by atomic mass is 9.98. The van der Waals surface area contributed by atoms with Gasteiger partial charge in [0.05, 0.1) is 34.0 Å². The Morgan fingerprint density at radius 1 is 1.23 bits per heavy atom. The van der Waals surface area contributed by atoms with Crippen LogP contribution in [0, 0.1) is 0 Å². The topological polar surface area (TPSA) is 58.6 Å². The number of nitrogens with one attached hydrogen (secondary N) is 1. The molecule has 2 saturated heterocycles. The number of morpholine rings is 1. The number of guanidine groups is 1. The first-order chi connectivity index (χ1) is 14.5. The fraction of sp³-hybridized carbons (Fsp3) is 0.696. The third-order valence-electron chi connectivity index (χ3n) is 6.16. The normalized spacial score (nSPS) is 24.0. The first-order valence-corrected chi connectivity index (χ1v) is 11.1. The smallest absolute Gasteiger partial charge is 0.193 e. The number of hydrogen-bond donors (Lipinski definition) is 1. The molecule has 2 aliphatic rings. The Kier molecular flexibility index (Phi) is 8.22. The molecule has 0 bridgehead atoms. The second-order valence-corrected chi connectivity index (χ2v) is 8.28. The van der Waals surface area contributed by atoms with Crippen molar-refractivity contribution in [3.8, 4) is 11.5 Å². The summed E-state index contributed by atoms with van der Waals surface area (Å²) < 4.78 is 16.5. The Hall–Kier alpha value is -1.99. The Morgan fingerprint density at radius 2 is 1.97 bits per heavy atom. The molecule has 3 atom stereocenters. The van der Waals surface area contributed by atoms with Crippen molar-refractivity contribution in [1.29, 1.82) is 0 Å². The molecule has 0 radical (unpaired) electrons. The zero-order chi connectivity index (χ0) is 21.5. The largest absolute Gasteiger partial charge is 0.497 e. The molecule has 0 aromatic heterocycles. The molecule has 2 heterocycles. The quantitative estimate of drug-likeness (QED) is 0.543. The highest BCUT2D eigenvalue weighted by Gasteiger charge is 2.28. The Morgan fingerprint density at radius 3 is 2.60 bits per heavy atom. The predicted octanol–water partition coefficient (Wildman–Crippen LogP) is 2.57. The molecule has 1 aromatic carbocycles. The number of rotatable bonds is 7. The number of likely N-dealkylation sites (tertiary alicyclic amines) is 1. The molecule has 7 heteroatoms. The third-order valence-corrected chi connectivity index (χ3v) is 6.16. The Balaban J connectivity index is 1.66. The minimum absolute atomic E-state index is 0.401. The monoisotopic (exact) mass is 418 g/mol. The van der Waals surface area contributed by atoms with Gasteiger partial charge in [-0.25, -0.2) is 0 Å². The van der Waals surface area contributed by atoms with Crippen LogP contribution in [0.4, 0.5) is 0 Å². The highest BCUT2D eigenvalue weighted by molar-refractivity contribution is 5.80. The van der Waals surface area contributed by atoms with E-state index in [9.17, 15) is 0 Å². The summed E-state index contributed by atoms with van der Waals surface area (Å²) in [5.74, 6) is 3.14. The van der Waals surface area contributed by atoms with Gasteiger partial charge in [-0.15, -0.1) is 0 Å². The maximum absolute atomic E-state index is 5.58. The summed E-state index contributed by atoms with van der Waals surface area (Å²) >= 11 is 0. The zero-order valence-corrected chi connectivity index (χ0v) is 19.2. The summed E-state index contributed by atoms with van der Waals surface area (Å²) in [4.78, 5) is 9.89. The molecule has 0 saturated carbocycles. The van der Waals surface area contributed by atoms with Gasteiger partial charge in [-0.3, -0.25) is 9.89 Å². The molecule has 168 valence electrons. The first kappa shape index (κ1) is 22.7. The van der Waals surface area contributed by atoms with E-state index in [1.165, 1.54) is 5.56 Å². The van der Waals surface area contributed by atoms with Crippen LogP contribution in [0.15, 0.2) is 23.2 Å². The van der Waals surface area contributed by atoms with Crippen molar-refractivity contribution in [1.82, 2.24) is 15.1 Å². The lowest BCUT2D eigenvalue weighted by Gasteiger charge is -2.37. The van der Waals surface area contributed by atoms with Crippen LogP contribution in [-0.2, 0) is 4.74 Å². The molecule has 3 rings (SSSR count). The van der Waals surface area contributed by atoms with Crippen molar-refractivity contribution < 1.29 is 14.2 Å². The molecule has 1 N–H and O–H groups in total. The number of methoxy groups -OCH3 is 2. The van der Waals surface area contributed by atoms with Gasteiger partial charge in [0.1, 0.15) is 11.5 Å². The van der Waals surface area contributed by atoms with Gasteiger partial charge in [0.2, 0.25) is 0 Å². The average Bonchev–Trinajstić information content (AvgIpc) is 3.26. The van der Waals surface area contributed by atoms with Gasteiger partial charge in [0, 0.05) is 50.2 Å². The summed E-state index contributed by atoms with van der Waals surface area (Å²) in [6.07, 6.45) is 1.09. The minimum atomic E-state index is 0.401. The SMILES string of the molecule is CCNC(=NCC(C)N1CCOCC1C)N1CCC(c2cc(OC)cc(OC)c2)C1. The van der Waals surface area contributed by atoms with Gasteiger partial charge in [-0.2, -0.15) is 0 Å². The first-order valence-electron chi connectivity index (χ1n) is 11.1. The van der Waals surface area contributed by atoms with Crippen LogP contribution in [-0.4, -0.2) is 88.0 Å². The van der Waals surface area contributed by atoms with Gasteiger partial charge in [0.15, 0.2) is 5.96 Å². The Labute approximate surface area is 181 Å². The highest BCUT2D eigenvalue weighted by Crippen LogP contribution is 2.33. The van der Waals surface area contributed by atoms with Crippen molar-refractivity contribution in [2.75, 3.05) is 60.2 Å². The second-order valence-electron chi connectivity index (χ2n) is 8.28. The van der Waals surface area contributed by atoms with Gasteiger partial charge < -0.3 is 24.4 Å². The lowest BCUT2D eigenvalue weighted by molar-refractivity contribution is -0.0166. The molecule has 0 amide bonds. The molecule has 1 aromatic rings. The summed E-state index contributed by atoms with van der Waals surface area (Å²) in [5, 5.41) is 3.49. The third kappa shape index (κ3) is 5.58. The van der Waals surface area contributed by atoms with Crippen LogP contribution >= 0.6 is 0 Å². The fourth-order valence-electron chi connectivity index (χ4n) is 4.43. The fourth-order valence-corrected chi connectivity index (χ4v) is 4.43. The second kappa shape index (κ2) is 10.9. The molecular formula is C23H38N4O3. The van der Waals surface area contributed by atoms with E-state index in [-0.39, 0.29) is 0 Å². The van der Waals surface area contributed by atoms with E-state index in [0.717, 1.165) is 69.8 Å². The molecular weight excluding hydrogens is 380 g/mol. The molecule has 0 spiro atoms. The van der Waals surface area contributed by atoms with Gasteiger partial charge in [0.25, 0.3) is 0 Å². The number of nitrogens with zero attached hydrogens (tertiary/aromatic N) is 3. The van der Waals surface area contributed by atoms with Gasteiger partial charge in [-0.1, -0.05) is 0 Å². The zero-order valence-electron chi connectivity index (χ0n) is 19.2. The van der Waals surface area contributed by atoms with Crippen molar-refractivity contribution in [3.05, 3.63) is 23.8 Å². The summed E-state index contributed by atoms with van der Waals surface area (Å²) in [6, 6.07) is 7.03. The van der Waals surface area contributed by atoms with Crippen LogP contribution in [0.1, 0.15) is 38.7 Å². The number of hydrogen-bond acceptors (Lipinski definition) is 5. The lowest BCUT2D eigenvalue weighted by Crippen LogP contribution is -2.49. The standard InChI is InChI=1S/C23H38N4O3/c1-6-24-23(25-14-17(2)27-9-10-30-16-18(27)3)26-8-7-19(15-26)20-11-21(28-4)13-22(12-20)29-5/h11-13,17-19H,6-10,14-16H2,1-5H3,(H,24,25). The molecule has 2 aliphatic heterocycles. The average molecular weight is 419 g/mol. The van der Waals surface area contributed by atoms with E-state index in [1.807, 2.05) is 6.07 Å². The van der Waals surface area contributed by atoms with Crippen LogP contribution in [0.25, 0.3) is 0 Å².